The Morgan fingerprint density at radius 3 is 3.00 bits per heavy atom. The molecule has 6 nitrogen and oxygen atoms in total. The summed E-state index contributed by atoms with van der Waals surface area (Å²) in [5, 5.41) is 11.3. The first-order valence-electron chi connectivity index (χ1n) is 5.52. The van der Waals surface area contributed by atoms with Gasteiger partial charge >= 0.3 is 5.97 Å². The molecule has 96 valence electrons. The number of aliphatic carboxylic acids is 1. The molecule has 1 aromatic heterocycles. The van der Waals surface area contributed by atoms with Gasteiger partial charge in [0.25, 0.3) is 5.91 Å². The third-order valence-electron chi connectivity index (χ3n) is 2.61. The molecule has 2 rings (SSSR count). The average molecular weight is 257 g/mol. The number of carboxylic acid groups (broad SMARTS) is 1. The normalized spacial score (nSPS) is 11.7. The number of H-pyrrole nitrogens is 1. The fourth-order valence-electron chi connectivity index (χ4n) is 1.64. The van der Waals surface area contributed by atoms with Crippen LogP contribution < -0.4 is 5.32 Å². The van der Waals surface area contributed by atoms with Gasteiger partial charge in [-0.3, -0.25) is 4.79 Å². The number of hydrogen-bond donors (Lipinski definition) is 3. The van der Waals surface area contributed by atoms with Gasteiger partial charge in [0.2, 0.25) is 0 Å². The highest BCUT2D eigenvalue weighted by atomic mass is 16.4. The number of aromatic amines is 1. The molecule has 0 aliphatic rings. The number of imidazole rings is 1. The number of nitrogens with zero attached hydrogens (tertiary/aromatic N) is 1. The van der Waals surface area contributed by atoms with Crippen molar-refractivity contribution in [3.8, 4) is 12.3 Å². The van der Waals surface area contributed by atoms with Crippen LogP contribution >= 0.6 is 0 Å². The zero-order valence-electron chi connectivity index (χ0n) is 9.88. The molecular formula is C13H11N3O3. The highest BCUT2D eigenvalue weighted by Gasteiger charge is 2.19. The van der Waals surface area contributed by atoms with Crippen LogP contribution in [0.25, 0.3) is 11.0 Å². The predicted octanol–water partition coefficient (Wildman–Crippen LogP) is 0.769. The molecule has 6 heteroatoms. The van der Waals surface area contributed by atoms with Crippen molar-refractivity contribution in [1.29, 1.82) is 0 Å². The van der Waals surface area contributed by atoms with Crippen molar-refractivity contribution in [2.24, 2.45) is 0 Å². The molecule has 19 heavy (non-hydrogen) atoms. The Morgan fingerprint density at radius 1 is 1.53 bits per heavy atom. The van der Waals surface area contributed by atoms with Gasteiger partial charge in [0.05, 0.1) is 17.4 Å². The minimum absolute atomic E-state index is 0.0621. The van der Waals surface area contributed by atoms with Crippen LogP contribution in [0.15, 0.2) is 24.5 Å². The van der Waals surface area contributed by atoms with Crippen LogP contribution in [0, 0.1) is 12.3 Å². The first kappa shape index (κ1) is 12.6. The maximum absolute atomic E-state index is 11.9. The summed E-state index contributed by atoms with van der Waals surface area (Å²) in [5.41, 5.74) is 1.78. The molecule has 0 saturated heterocycles. The molecule has 0 spiro atoms. The monoisotopic (exact) mass is 257 g/mol. The highest BCUT2D eigenvalue weighted by molar-refractivity contribution is 5.99. The van der Waals surface area contributed by atoms with E-state index in [1.165, 1.54) is 6.33 Å². The fourth-order valence-corrected chi connectivity index (χ4v) is 1.64. The predicted molar refractivity (Wildman–Crippen MR) is 68.4 cm³/mol. The number of aromatic nitrogens is 2. The van der Waals surface area contributed by atoms with Crippen molar-refractivity contribution < 1.29 is 14.7 Å². The zero-order valence-corrected chi connectivity index (χ0v) is 9.88. The van der Waals surface area contributed by atoms with Crippen LogP contribution in [-0.4, -0.2) is 33.0 Å². The zero-order chi connectivity index (χ0) is 13.8. The van der Waals surface area contributed by atoms with Crippen molar-refractivity contribution in [2.75, 3.05) is 0 Å². The van der Waals surface area contributed by atoms with Gasteiger partial charge in [-0.1, -0.05) is 0 Å². The van der Waals surface area contributed by atoms with Gasteiger partial charge in [-0.2, -0.15) is 0 Å². The van der Waals surface area contributed by atoms with Gasteiger partial charge in [0, 0.05) is 12.0 Å². The van der Waals surface area contributed by atoms with E-state index in [1.807, 2.05) is 0 Å². The topological polar surface area (TPSA) is 95.1 Å². The molecule has 0 bridgehead atoms. The summed E-state index contributed by atoms with van der Waals surface area (Å²) >= 11 is 0. The Balaban J connectivity index is 2.18. The van der Waals surface area contributed by atoms with Gasteiger partial charge in [-0.25, -0.2) is 9.78 Å². The molecule has 1 aromatic carbocycles. The second kappa shape index (κ2) is 5.23. The maximum atomic E-state index is 11.9. The van der Waals surface area contributed by atoms with E-state index >= 15 is 0 Å². The lowest BCUT2D eigenvalue weighted by atomic mass is 10.1. The molecule has 1 unspecified atom stereocenters. The molecular weight excluding hydrogens is 246 g/mol. The number of fused-ring (bicyclic) bond motifs is 1. The first-order valence-corrected chi connectivity index (χ1v) is 5.52. The quantitative estimate of drug-likeness (QED) is 0.705. The lowest BCUT2D eigenvalue weighted by molar-refractivity contribution is -0.139. The standard InChI is InChI=1S/C13H11N3O3/c1-2-3-10(13(18)19)16-12(17)8-4-5-9-11(6-8)15-7-14-9/h1,4-7,10H,3H2,(H,14,15)(H,16,17)(H,18,19). The number of carboxylic acids is 1. The van der Waals surface area contributed by atoms with Gasteiger partial charge in [-0.15, -0.1) is 12.3 Å². The third kappa shape index (κ3) is 2.72. The van der Waals surface area contributed by atoms with Crippen molar-refractivity contribution >= 4 is 22.9 Å². The first-order chi connectivity index (χ1) is 9.11. The van der Waals surface area contributed by atoms with Crippen LogP contribution in [0.2, 0.25) is 0 Å². The van der Waals surface area contributed by atoms with Crippen molar-refractivity contribution in [2.45, 2.75) is 12.5 Å². The van der Waals surface area contributed by atoms with E-state index in [1.54, 1.807) is 18.2 Å². The molecule has 0 aliphatic heterocycles. The van der Waals surface area contributed by atoms with E-state index in [4.69, 9.17) is 11.5 Å². The maximum Gasteiger partial charge on any atom is 0.327 e. The van der Waals surface area contributed by atoms with E-state index < -0.39 is 17.9 Å². The Bertz CT molecular complexity index is 669. The van der Waals surface area contributed by atoms with Gasteiger partial charge in [-0.05, 0) is 18.2 Å². The number of terminal acetylenes is 1. The second-order valence-corrected chi connectivity index (χ2v) is 3.91. The fraction of sp³-hybridized carbons (Fsp3) is 0.154. The summed E-state index contributed by atoms with van der Waals surface area (Å²) in [6.07, 6.45) is 6.52. The number of amides is 1. The van der Waals surface area contributed by atoms with Crippen molar-refractivity contribution in [3.63, 3.8) is 0 Å². The van der Waals surface area contributed by atoms with Gasteiger partial charge < -0.3 is 15.4 Å². The van der Waals surface area contributed by atoms with E-state index in [9.17, 15) is 9.59 Å². The number of rotatable bonds is 4. The molecule has 0 fully saturated rings. The van der Waals surface area contributed by atoms with Crippen LogP contribution in [0.3, 0.4) is 0 Å². The lowest BCUT2D eigenvalue weighted by Crippen LogP contribution is -2.40. The van der Waals surface area contributed by atoms with Crippen LogP contribution in [0.4, 0.5) is 0 Å². The number of carbonyl (C=O) groups is 2. The Labute approximate surface area is 108 Å². The van der Waals surface area contributed by atoms with E-state index in [0.29, 0.717) is 11.1 Å². The average Bonchev–Trinajstić information content (AvgIpc) is 2.85. The summed E-state index contributed by atoms with van der Waals surface area (Å²) in [6.45, 7) is 0. The van der Waals surface area contributed by atoms with Crippen molar-refractivity contribution in [3.05, 3.63) is 30.1 Å². The molecule has 1 heterocycles. The summed E-state index contributed by atoms with van der Waals surface area (Å²) in [4.78, 5) is 29.7. The second-order valence-electron chi connectivity index (χ2n) is 3.91. The number of benzene rings is 1. The van der Waals surface area contributed by atoms with Gasteiger partial charge in [0.1, 0.15) is 6.04 Å². The summed E-state index contributed by atoms with van der Waals surface area (Å²) in [5.74, 6) is 0.574. The SMILES string of the molecule is C#CCC(NC(=O)c1ccc2nc[nH]c2c1)C(=O)O. The van der Waals surface area contributed by atoms with Crippen LogP contribution in [0.1, 0.15) is 16.8 Å². The molecule has 1 amide bonds. The van der Waals surface area contributed by atoms with E-state index in [2.05, 4.69) is 21.2 Å². The molecule has 0 saturated carbocycles. The summed E-state index contributed by atoms with van der Waals surface area (Å²) < 4.78 is 0. The third-order valence-corrected chi connectivity index (χ3v) is 2.61. The summed E-state index contributed by atoms with van der Waals surface area (Å²) in [7, 11) is 0. The minimum atomic E-state index is -1.16. The largest absolute Gasteiger partial charge is 0.480 e. The molecule has 0 radical (unpaired) electrons. The van der Waals surface area contributed by atoms with Crippen molar-refractivity contribution in [1.82, 2.24) is 15.3 Å². The van der Waals surface area contributed by atoms with Crippen LogP contribution in [0.5, 0.6) is 0 Å². The number of carbonyl (C=O) groups excluding carboxylic acids is 1. The highest BCUT2D eigenvalue weighted by Crippen LogP contribution is 2.11. The number of hydrogen-bond acceptors (Lipinski definition) is 3. The number of nitrogens with one attached hydrogen (secondary N) is 2. The molecule has 0 aliphatic carbocycles. The Hall–Kier alpha value is -2.81. The van der Waals surface area contributed by atoms with Gasteiger partial charge in [0.15, 0.2) is 0 Å². The molecule has 3 N–H and O–H groups in total. The Morgan fingerprint density at radius 2 is 2.32 bits per heavy atom. The molecule has 2 aromatic rings. The summed E-state index contributed by atoms with van der Waals surface area (Å²) in [6, 6.07) is 3.77. The Kier molecular flexibility index (Phi) is 3.48. The van der Waals surface area contributed by atoms with E-state index in [-0.39, 0.29) is 6.42 Å². The van der Waals surface area contributed by atoms with Crippen LogP contribution in [-0.2, 0) is 4.79 Å². The molecule has 1 atom stereocenters. The smallest absolute Gasteiger partial charge is 0.327 e. The minimum Gasteiger partial charge on any atom is -0.480 e. The van der Waals surface area contributed by atoms with E-state index in [0.717, 1.165) is 5.52 Å². The lowest BCUT2D eigenvalue weighted by Gasteiger charge is -2.11.